The number of sulfonamides is 1. The molecule has 172 valence electrons. The molecule has 0 aromatic heterocycles. The Labute approximate surface area is 193 Å². The molecule has 33 heavy (non-hydrogen) atoms. The second-order valence-corrected chi connectivity index (χ2v) is 9.44. The van der Waals surface area contributed by atoms with Crippen molar-refractivity contribution in [1.29, 1.82) is 0 Å². The van der Waals surface area contributed by atoms with Gasteiger partial charge in [-0.25, -0.2) is 13.8 Å². The molecular weight excluding hydrogens is 442 g/mol. The standard InChI is InChI=1S/C24H25N3O5S/c1-17-4-11-22(12-5-17)33(30,31)27(2)16-18-6-8-19(9-7-18)24(29)26-25-15-20-14-21(32-3)10-13-23(20)28/h4-15,28H,16H2,1-3H3,(H,26,29). The fourth-order valence-electron chi connectivity index (χ4n) is 2.98. The summed E-state index contributed by atoms with van der Waals surface area (Å²) in [6.07, 6.45) is 1.31. The molecule has 0 atom stereocenters. The van der Waals surface area contributed by atoms with Crippen LogP contribution in [-0.4, -0.2) is 44.1 Å². The Morgan fingerprint density at radius 1 is 1.09 bits per heavy atom. The predicted molar refractivity (Wildman–Crippen MR) is 126 cm³/mol. The van der Waals surface area contributed by atoms with Gasteiger partial charge in [0.25, 0.3) is 5.91 Å². The second kappa shape index (κ2) is 10.3. The van der Waals surface area contributed by atoms with E-state index in [0.717, 1.165) is 11.1 Å². The maximum atomic E-state index is 12.7. The van der Waals surface area contributed by atoms with Crippen molar-refractivity contribution in [3.63, 3.8) is 0 Å². The average Bonchev–Trinajstić information content (AvgIpc) is 2.81. The number of rotatable bonds is 8. The number of hydrazone groups is 1. The smallest absolute Gasteiger partial charge is 0.271 e. The molecule has 0 unspecified atom stereocenters. The zero-order valence-corrected chi connectivity index (χ0v) is 19.3. The first-order valence-corrected chi connectivity index (χ1v) is 11.5. The minimum absolute atomic E-state index is 0.00265. The molecule has 0 aliphatic carbocycles. The molecule has 3 aromatic rings. The molecule has 0 aliphatic heterocycles. The Bertz CT molecular complexity index is 1250. The monoisotopic (exact) mass is 467 g/mol. The fourth-order valence-corrected chi connectivity index (χ4v) is 4.14. The second-order valence-electron chi connectivity index (χ2n) is 7.39. The van der Waals surface area contributed by atoms with E-state index in [1.165, 1.54) is 30.7 Å². The van der Waals surface area contributed by atoms with Gasteiger partial charge in [0.1, 0.15) is 11.5 Å². The molecule has 3 aromatic carbocycles. The van der Waals surface area contributed by atoms with Crippen molar-refractivity contribution < 1.29 is 23.1 Å². The zero-order chi connectivity index (χ0) is 24.0. The van der Waals surface area contributed by atoms with Gasteiger partial charge in [-0.3, -0.25) is 4.79 Å². The van der Waals surface area contributed by atoms with Gasteiger partial charge in [0.05, 0.1) is 18.2 Å². The van der Waals surface area contributed by atoms with Crippen LogP contribution >= 0.6 is 0 Å². The molecule has 0 heterocycles. The highest BCUT2D eigenvalue weighted by Crippen LogP contribution is 2.21. The van der Waals surface area contributed by atoms with Gasteiger partial charge in [0.15, 0.2) is 0 Å². The first kappa shape index (κ1) is 24.0. The number of nitrogens with zero attached hydrogens (tertiary/aromatic N) is 2. The molecule has 8 nitrogen and oxygen atoms in total. The topological polar surface area (TPSA) is 108 Å². The van der Waals surface area contributed by atoms with E-state index in [9.17, 15) is 18.3 Å². The number of phenolic OH excluding ortho intramolecular Hbond substituents is 1. The van der Waals surface area contributed by atoms with Crippen molar-refractivity contribution in [1.82, 2.24) is 9.73 Å². The molecular formula is C24H25N3O5S. The van der Waals surface area contributed by atoms with Gasteiger partial charge < -0.3 is 9.84 Å². The number of phenols is 1. The Kier molecular flexibility index (Phi) is 7.47. The highest BCUT2D eigenvalue weighted by molar-refractivity contribution is 7.89. The number of carbonyl (C=O) groups is 1. The highest BCUT2D eigenvalue weighted by atomic mass is 32.2. The maximum absolute atomic E-state index is 12.7. The van der Waals surface area contributed by atoms with E-state index in [4.69, 9.17) is 4.74 Å². The van der Waals surface area contributed by atoms with Gasteiger partial charge in [-0.2, -0.15) is 9.41 Å². The minimum atomic E-state index is -3.62. The van der Waals surface area contributed by atoms with E-state index >= 15 is 0 Å². The lowest BCUT2D eigenvalue weighted by Gasteiger charge is -2.17. The van der Waals surface area contributed by atoms with Crippen LogP contribution in [-0.2, 0) is 16.6 Å². The van der Waals surface area contributed by atoms with Gasteiger partial charge >= 0.3 is 0 Å². The van der Waals surface area contributed by atoms with Gasteiger partial charge in [0.2, 0.25) is 10.0 Å². The molecule has 9 heteroatoms. The van der Waals surface area contributed by atoms with Gasteiger partial charge in [0, 0.05) is 24.7 Å². The average molecular weight is 468 g/mol. The summed E-state index contributed by atoms with van der Waals surface area (Å²) in [6.45, 7) is 2.05. The third-order valence-corrected chi connectivity index (χ3v) is 6.77. The quantitative estimate of drug-likeness (QED) is 0.390. The molecule has 0 radical (unpaired) electrons. The number of ether oxygens (including phenoxy) is 1. The van der Waals surface area contributed by atoms with Crippen LogP contribution in [0.2, 0.25) is 0 Å². The van der Waals surface area contributed by atoms with Crippen LogP contribution in [0, 0.1) is 6.92 Å². The first-order chi connectivity index (χ1) is 15.7. The summed E-state index contributed by atoms with van der Waals surface area (Å²) in [5.74, 6) is 0.106. The molecule has 3 rings (SSSR count). The third-order valence-electron chi connectivity index (χ3n) is 4.95. The van der Waals surface area contributed by atoms with E-state index in [0.29, 0.717) is 16.9 Å². The minimum Gasteiger partial charge on any atom is -0.507 e. The van der Waals surface area contributed by atoms with E-state index in [2.05, 4.69) is 10.5 Å². The van der Waals surface area contributed by atoms with Crippen molar-refractivity contribution in [2.24, 2.45) is 5.10 Å². The zero-order valence-electron chi connectivity index (χ0n) is 18.5. The van der Waals surface area contributed by atoms with Crippen molar-refractivity contribution >= 4 is 22.1 Å². The SMILES string of the molecule is COc1ccc(O)c(C=NNC(=O)c2ccc(CN(C)S(=O)(=O)c3ccc(C)cc3)cc2)c1. The van der Waals surface area contributed by atoms with E-state index in [1.54, 1.807) is 60.7 Å². The van der Waals surface area contributed by atoms with Gasteiger partial charge in [-0.05, 0) is 55.0 Å². The maximum Gasteiger partial charge on any atom is 0.271 e. The van der Waals surface area contributed by atoms with E-state index in [1.807, 2.05) is 6.92 Å². The van der Waals surface area contributed by atoms with Crippen molar-refractivity contribution in [2.75, 3.05) is 14.2 Å². The molecule has 1 amide bonds. The van der Waals surface area contributed by atoms with Crippen molar-refractivity contribution in [3.8, 4) is 11.5 Å². The molecule has 2 N–H and O–H groups in total. The number of aromatic hydroxyl groups is 1. The number of hydrogen-bond donors (Lipinski definition) is 2. The highest BCUT2D eigenvalue weighted by Gasteiger charge is 2.20. The lowest BCUT2D eigenvalue weighted by Crippen LogP contribution is -2.26. The molecule has 0 aliphatic rings. The first-order valence-electron chi connectivity index (χ1n) is 10.0. The number of hydrogen-bond acceptors (Lipinski definition) is 6. The number of aryl methyl sites for hydroxylation is 1. The normalized spacial score (nSPS) is 11.6. The Morgan fingerprint density at radius 2 is 1.76 bits per heavy atom. The number of nitrogens with one attached hydrogen (secondary N) is 1. The molecule has 0 bridgehead atoms. The summed E-state index contributed by atoms with van der Waals surface area (Å²) in [5, 5.41) is 13.7. The summed E-state index contributed by atoms with van der Waals surface area (Å²) in [5.41, 5.74) is 4.86. The Morgan fingerprint density at radius 3 is 2.39 bits per heavy atom. The summed E-state index contributed by atoms with van der Waals surface area (Å²) in [7, 11) is -0.601. The predicted octanol–water partition coefficient (Wildman–Crippen LogP) is 3.29. The lowest BCUT2D eigenvalue weighted by molar-refractivity contribution is 0.0955. The number of carbonyl (C=O) groups excluding carboxylic acids is 1. The van der Waals surface area contributed by atoms with E-state index < -0.39 is 15.9 Å². The van der Waals surface area contributed by atoms with Crippen LogP contribution in [0.4, 0.5) is 0 Å². The lowest BCUT2D eigenvalue weighted by atomic mass is 10.1. The number of benzene rings is 3. The van der Waals surface area contributed by atoms with Crippen LogP contribution in [0.3, 0.4) is 0 Å². The third kappa shape index (κ3) is 5.97. The van der Waals surface area contributed by atoms with E-state index in [-0.39, 0.29) is 17.2 Å². The van der Waals surface area contributed by atoms with Crippen LogP contribution in [0.5, 0.6) is 11.5 Å². The van der Waals surface area contributed by atoms with Crippen LogP contribution in [0.25, 0.3) is 0 Å². The van der Waals surface area contributed by atoms with Crippen molar-refractivity contribution in [2.45, 2.75) is 18.4 Å². The fraction of sp³-hybridized carbons (Fsp3) is 0.167. The number of methoxy groups -OCH3 is 1. The summed E-state index contributed by atoms with van der Waals surface area (Å²) >= 11 is 0. The Hall–Kier alpha value is -3.69. The van der Waals surface area contributed by atoms with Crippen LogP contribution < -0.4 is 10.2 Å². The van der Waals surface area contributed by atoms with Gasteiger partial charge in [-0.15, -0.1) is 0 Å². The molecule has 0 spiro atoms. The van der Waals surface area contributed by atoms with Crippen molar-refractivity contribution in [3.05, 3.63) is 89.0 Å². The molecule has 0 saturated carbocycles. The molecule has 0 fully saturated rings. The summed E-state index contributed by atoms with van der Waals surface area (Å²) in [6, 6.07) is 17.9. The Balaban J connectivity index is 1.62. The van der Waals surface area contributed by atoms with Gasteiger partial charge in [-0.1, -0.05) is 29.8 Å². The van der Waals surface area contributed by atoms with Crippen LogP contribution in [0.15, 0.2) is 76.7 Å². The summed E-state index contributed by atoms with van der Waals surface area (Å²) < 4.78 is 31.8. The largest absolute Gasteiger partial charge is 0.507 e. The van der Waals surface area contributed by atoms with Crippen LogP contribution in [0.1, 0.15) is 27.0 Å². The summed E-state index contributed by atoms with van der Waals surface area (Å²) in [4.78, 5) is 12.6. The molecule has 0 saturated heterocycles. The number of amides is 1.